The van der Waals surface area contributed by atoms with Crippen LogP contribution in [-0.4, -0.2) is 41.7 Å². The molecule has 2 aromatic rings. The van der Waals surface area contributed by atoms with E-state index in [2.05, 4.69) is 15.3 Å². The Morgan fingerprint density at radius 2 is 1.81 bits per heavy atom. The van der Waals surface area contributed by atoms with E-state index in [4.69, 9.17) is 0 Å². The molecule has 7 nitrogen and oxygen atoms in total. The smallest absolute Gasteiger partial charge is 0.275 e. The molecule has 1 amide bonds. The van der Waals surface area contributed by atoms with E-state index in [0.717, 1.165) is 25.7 Å². The summed E-state index contributed by atoms with van der Waals surface area (Å²) in [6, 6.07) is 6.25. The standard InChI is InChI=1S/C18H22N4O3S/c1-22(15-5-3-2-4-6-15)26(24,25)16-9-7-14(8-10-16)21-18(23)17-13-19-11-12-20-17/h7-13,15H,2-6H2,1H3,(H,21,23). The molecule has 1 aliphatic carbocycles. The van der Waals surface area contributed by atoms with Crippen LogP contribution in [0.3, 0.4) is 0 Å². The van der Waals surface area contributed by atoms with Crippen molar-refractivity contribution in [2.45, 2.75) is 43.0 Å². The van der Waals surface area contributed by atoms with Crippen molar-refractivity contribution in [2.24, 2.45) is 0 Å². The lowest BCUT2D eigenvalue weighted by Crippen LogP contribution is -2.38. The molecule has 1 aromatic carbocycles. The molecule has 0 unspecified atom stereocenters. The van der Waals surface area contributed by atoms with Crippen LogP contribution in [0.4, 0.5) is 5.69 Å². The number of hydrogen-bond donors (Lipinski definition) is 1. The summed E-state index contributed by atoms with van der Waals surface area (Å²) in [5.41, 5.74) is 0.696. The molecule has 0 bridgehead atoms. The summed E-state index contributed by atoms with van der Waals surface area (Å²) in [6.07, 6.45) is 9.41. The van der Waals surface area contributed by atoms with Gasteiger partial charge in [0.15, 0.2) is 0 Å². The molecular formula is C18H22N4O3S. The Balaban J connectivity index is 1.71. The largest absolute Gasteiger partial charge is 0.321 e. The van der Waals surface area contributed by atoms with Crippen LogP contribution in [0.1, 0.15) is 42.6 Å². The summed E-state index contributed by atoms with van der Waals surface area (Å²) in [6.45, 7) is 0. The lowest BCUT2D eigenvalue weighted by molar-refractivity contribution is 0.102. The van der Waals surface area contributed by atoms with E-state index in [1.807, 2.05) is 0 Å². The van der Waals surface area contributed by atoms with Crippen LogP contribution < -0.4 is 5.32 Å². The van der Waals surface area contributed by atoms with Crippen LogP contribution in [0.5, 0.6) is 0 Å². The first-order valence-electron chi connectivity index (χ1n) is 8.64. The molecule has 1 heterocycles. The predicted octanol–water partition coefficient (Wildman–Crippen LogP) is 2.68. The summed E-state index contributed by atoms with van der Waals surface area (Å²) < 4.78 is 27.1. The molecule has 0 spiro atoms. The zero-order valence-electron chi connectivity index (χ0n) is 14.6. The van der Waals surface area contributed by atoms with Crippen molar-refractivity contribution in [3.05, 3.63) is 48.5 Å². The van der Waals surface area contributed by atoms with Crippen molar-refractivity contribution in [3.63, 3.8) is 0 Å². The maximum Gasteiger partial charge on any atom is 0.275 e. The van der Waals surface area contributed by atoms with Gasteiger partial charge in [-0.25, -0.2) is 13.4 Å². The highest BCUT2D eigenvalue weighted by Crippen LogP contribution is 2.27. The number of rotatable bonds is 5. The quantitative estimate of drug-likeness (QED) is 0.869. The van der Waals surface area contributed by atoms with Crippen LogP contribution in [0.15, 0.2) is 47.8 Å². The number of hydrogen-bond acceptors (Lipinski definition) is 5. The average Bonchev–Trinajstić information content (AvgIpc) is 2.69. The van der Waals surface area contributed by atoms with Crippen molar-refractivity contribution >= 4 is 21.6 Å². The SMILES string of the molecule is CN(C1CCCCC1)S(=O)(=O)c1ccc(NC(=O)c2cnccn2)cc1. The minimum Gasteiger partial charge on any atom is -0.321 e. The Kier molecular flexibility index (Phi) is 5.63. The van der Waals surface area contributed by atoms with Crippen molar-refractivity contribution in [1.29, 1.82) is 0 Å². The molecule has 138 valence electrons. The average molecular weight is 374 g/mol. The first-order valence-corrected chi connectivity index (χ1v) is 10.1. The fraction of sp³-hybridized carbons (Fsp3) is 0.389. The highest BCUT2D eigenvalue weighted by Gasteiger charge is 2.28. The van der Waals surface area contributed by atoms with E-state index in [1.165, 1.54) is 41.4 Å². The van der Waals surface area contributed by atoms with Crippen LogP contribution in [0, 0.1) is 0 Å². The van der Waals surface area contributed by atoms with Gasteiger partial charge in [0.2, 0.25) is 10.0 Å². The molecule has 1 saturated carbocycles. The first kappa shape index (κ1) is 18.5. The maximum atomic E-state index is 12.8. The number of carbonyl (C=O) groups is 1. The Morgan fingerprint density at radius 1 is 1.12 bits per heavy atom. The van der Waals surface area contributed by atoms with E-state index >= 15 is 0 Å². The van der Waals surface area contributed by atoms with Gasteiger partial charge in [0.1, 0.15) is 5.69 Å². The van der Waals surface area contributed by atoms with Gasteiger partial charge in [-0.05, 0) is 37.1 Å². The maximum absolute atomic E-state index is 12.8. The van der Waals surface area contributed by atoms with Crippen LogP contribution in [-0.2, 0) is 10.0 Å². The molecule has 1 aromatic heterocycles. The van der Waals surface area contributed by atoms with E-state index < -0.39 is 15.9 Å². The molecule has 0 radical (unpaired) electrons. The molecular weight excluding hydrogens is 352 g/mol. The highest BCUT2D eigenvalue weighted by molar-refractivity contribution is 7.89. The summed E-state index contributed by atoms with van der Waals surface area (Å²) in [5, 5.41) is 2.68. The van der Waals surface area contributed by atoms with E-state index in [9.17, 15) is 13.2 Å². The summed E-state index contributed by atoms with van der Waals surface area (Å²) in [5.74, 6) is -0.395. The molecule has 0 aliphatic heterocycles. The van der Waals surface area contributed by atoms with Gasteiger partial charge < -0.3 is 5.32 Å². The summed E-state index contributed by atoms with van der Waals surface area (Å²) in [7, 11) is -1.89. The molecule has 0 saturated heterocycles. The van der Waals surface area contributed by atoms with Gasteiger partial charge in [-0.1, -0.05) is 19.3 Å². The fourth-order valence-corrected chi connectivity index (χ4v) is 4.54. The van der Waals surface area contributed by atoms with E-state index in [-0.39, 0.29) is 16.6 Å². The third-order valence-electron chi connectivity index (χ3n) is 4.67. The number of anilines is 1. The highest BCUT2D eigenvalue weighted by atomic mass is 32.2. The van der Waals surface area contributed by atoms with Crippen molar-refractivity contribution in [1.82, 2.24) is 14.3 Å². The minimum absolute atomic E-state index is 0.0600. The van der Waals surface area contributed by atoms with Gasteiger partial charge in [-0.3, -0.25) is 9.78 Å². The Labute approximate surface area is 153 Å². The molecule has 0 atom stereocenters. The van der Waals surface area contributed by atoms with Crippen LogP contribution in [0.25, 0.3) is 0 Å². The number of nitrogens with zero attached hydrogens (tertiary/aromatic N) is 3. The van der Waals surface area contributed by atoms with Crippen molar-refractivity contribution in [2.75, 3.05) is 12.4 Å². The molecule has 1 fully saturated rings. The Morgan fingerprint density at radius 3 is 2.42 bits per heavy atom. The number of sulfonamides is 1. The monoisotopic (exact) mass is 374 g/mol. The zero-order chi connectivity index (χ0) is 18.6. The third kappa shape index (κ3) is 4.08. The molecule has 3 rings (SSSR count). The molecule has 8 heteroatoms. The second kappa shape index (κ2) is 7.92. The number of amides is 1. The molecule has 1 N–H and O–H groups in total. The number of aromatic nitrogens is 2. The third-order valence-corrected chi connectivity index (χ3v) is 6.60. The van der Waals surface area contributed by atoms with Gasteiger partial charge in [0.05, 0.1) is 11.1 Å². The number of benzene rings is 1. The Hall–Kier alpha value is -2.32. The first-order chi connectivity index (χ1) is 12.5. The van der Waals surface area contributed by atoms with E-state index in [1.54, 1.807) is 19.2 Å². The molecule has 1 aliphatic rings. The second-order valence-corrected chi connectivity index (χ2v) is 8.38. The minimum atomic E-state index is -3.54. The van der Waals surface area contributed by atoms with Gasteiger partial charge in [-0.15, -0.1) is 0 Å². The number of nitrogens with one attached hydrogen (secondary N) is 1. The fourth-order valence-electron chi connectivity index (χ4n) is 3.13. The van der Waals surface area contributed by atoms with Crippen molar-refractivity contribution < 1.29 is 13.2 Å². The normalized spacial score (nSPS) is 15.8. The van der Waals surface area contributed by atoms with Crippen LogP contribution >= 0.6 is 0 Å². The van der Waals surface area contributed by atoms with Gasteiger partial charge in [0, 0.05) is 31.2 Å². The topological polar surface area (TPSA) is 92.3 Å². The summed E-state index contributed by atoms with van der Waals surface area (Å²) >= 11 is 0. The second-order valence-electron chi connectivity index (χ2n) is 6.38. The summed E-state index contributed by atoms with van der Waals surface area (Å²) in [4.78, 5) is 20.1. The van der Waals surface area contributed by atoms with Gasteiger partial charge in [0.25, 0.3) is 5.91 Å². The van der Waals surface area contributed by atoms with E-state index in [0.29, 0.717) is 5.69 Å². The Bertz CT molecular complexity index is 848. The number of carbonyl (C=O) groups excluding carboxylic acids is 1. The zero-order valence-corrected chi connectivity index (χ0v) is 15.4. The lowest BCUT2D eigenvalue weighted by atomic mass is 9.96. The van der Waals surface area contributed by atoms with Gasteiger partial charge >= 0.3 is 0 Å². The molecule has 26 heavy (non-hydrogen) atoms. The lowest BCUT2D eigenvalue weighted by Gasteiger charge is -2.30. The van der Waals surface area contributed by atoms with Gasteiger partial charge in [-0.2, -0.15) is 4.31 Å². The predicted molar refractivity (Wildman–Crippen MR) is 98.2 cm³/mol. The van der Waals surface area contributed by atoms with Crippen molar-refractivity contribution in [3.8, 4) is 0 Å². The van der Waals surface area contributed by atoms with Crippen LogP contribution in [0.2, 0.25) is 0 Å².